The third-order valence-electron chi connectivity index (χ3n) is 6.44. The van der Waals surface area contributed by atoms with Gasteiger partial charge in [-0.2, -0.15) is 5.10 Å². The quantitative estimate of drug-likeness (QED) is 0.781. The molecule has 1 amide bonds. The Balaban J connectivity index is 1.55. The summed E-state index contributed by atoms with van der Waals surface area (Å²) in [6.45, 7) is 1.48. The molecule has 3 aliphatic rings. The number of carbonyl (C=O) groups is 1. The lowest BCUT2D eigenvalue weighted by atomic mass is 9.95. The molecule has 1 saturated heterocycles. The number of likely N-dealkylation sites (tertiary alicyclic amines) is 1. The second-order valence-electron chi connectivity index (χ2n) is 8.25. The van der Waals surface area contributed by atoms with Crippen LogP contribution in [-0.4, -0.2) is 51.9 Å². The predicted molar refractivity (Wildman–Crippen MR) is 99.1 cm³/mol. The highest BCUT2D eigenvalue weighted by Crippen LogP contribution is 2.36. The van der Waals surface area contributed by atoms with E-state index in [1.165, 1.54) is 57.8 Å². The topological polar surface area (TPSA) is 60.2 Å². The Kier molecular flexibility index (Phi) is 5.57. The summed E-state index contributed by atoms with van der Waals surface area (Å²) in [4.78, 5) is 19.7. The summed E-state index contributed by atoms with van der Waals surface area (Å²) in [5.41, 5.74) is 0. The zero-order chi connectivity index (χ0) is 17.9. The maximum atomic E-state index is 12.7. The largest absolute Gasteiger partial charge is 0.384 e. The number of aromatic nitrogens is 3. The SMILES string of the molecule is COCCc1nc([C@H]2CC(=O)N(C3CCCC3)C2)n(C2CCCCC2)n1. The van der Waals surface area contributed by atoms with E-state index >= 15 is 0 Å². The first-order valence-electron chi connectivity index (χ1n) is 10.5. The summed E-state index contributed by atoms with van der Waals surface area (Å²) in [6.07, 6.45) is 12.5. The molecule has 1 aromatic rings. The van der Waals surface area contributed by atoms with Gasteiger partial charge in [-0.15, -0.1) is 0 Å². The fraction of sp³-hybridized carbons (Fsp3) is 0.850. The normalized spacial score (nSPS) is 25.5. The Labute approximate surface area is 156 Å². The molecule has 0 spiro atoms. The zero-order valence-corrected chi connectivity index (χ0v) is 16.0. The van der Waals surface area contributed by atoms with E-state index in [4.69, 9.17) is 14.8 Å². The van der Waals surface area contributed by atoms with Crippen molar-refractivity contribution in [2.75, 3.05) is 20.3 Å². The molecule has 2 aliphatic carbocycles. The van der Waals surface area contributed by atoms with Gasteiger partial charge in [0.1, 0.15) is 5.82 Å². The number of hydrogen-bond acceptors (Lipinski definition) is 4. The van der Waals surface area contributed by atoms with Crippen molar-refractivity contribution in [3.8, 4) is 0 Å². The smallest absolute Gasteiger partial charge is 0.223 e. The summed E-state index contributed by atoms with van der Waals surface area (Å²) < 4.78 is 7.41. The third-order valence-corrected chi connectivity index (χ3v) is 6.44. The summed E-state index contributed by atoms with van der Waals surface area (Å²) in [5.74, 6) is 2.45. The van der Waals surface area contributed by atoms with Gasteiger partial charge in [-0.05, 0) is 25.7 Å². The molecule has 144 valence electrons. The highest BCUT2D eigenvalue weighted by atomic mass is 16.5. The standard InChI is InChI=1S/C20H32N4O2/c1-26-12-11-18-21-20(24(22-18)17-9-3-2-4-10-17)15-13-19(25)23(14-15)16-7-5-6-8-16/h15-17H,2-14H2,1H3/t15-/m0/s1. The molecule has 6 heteroatoms. The molecule has 1 aliphatic heterocycles. The number of nitrogens with zero attached hydrogens (tertiary/aromatic N) is 4. The van der Waals surface area contributed by atoms with Crippen LogP contribution < -0.4 is 0 Å². The number of ether oxygens (including phenoxy) is 1. The molecule has 0 aromatic carbocycles. The van der Waals surface area contributed by atoms with Crippen LogP contribution in [0.2, 0.25) is 0 Å². The van der Waals surface area contributed by atoms with E-state index in [1.54, 1.807) is 7.11 Å². The Morgan fingerprint density at radius 1 is 1.04 bits per heavy atom. The predicted octanol–water partition coefficient (Wildman–Crippen LogP) is 3.23. The van der Waals surface area contributed by atoms with E-state index in [0.29, 0.717) is 31.0 Å². The van der Waals surface area contributed by atoms with Gasteiger partial charge in [0, 0.05) is 38.5 Å². The monoisotopic (exact) mass is 360 g/mol. The van der Waals surface area contributed by atoms with Gasteiger partial charge in [-0.1, -0.05) is 32.1 Å². The molecule has 2 saturated carbocycles. The van der Waals surface area contributed by atoms with E-state index in [0.717, 1.165) is 24.6 Å². The minimum Gasteiger partial charge on any atom is -0.384 e. The van der Waals surface area contributed by atoms with Crippen molar-refractivity contribution in [1.29, 1.82) is 0 Å². The number of methoxy groups -OCH3 is 1. The average Bonchev–Trinajstić information content (AvgIpc) is 3.40. The van der Waals surface area contributed by atoms with E-state index in [1.807, 2.05) is 0 Å². The first-order chi connectivity index (χ1) is 12.8. The number of amides is 1. The Morgan fingerprint density at radius 2 is 1.73 bits per heavy atom. The lowest BCUT2D eigenvalue weighted by Crippen LogP contribution is -2.34. The van der Waals surface area contributed by atoms with Crippen LogP contribution in [0.1, 0.15) is 87.8 Å². The van der Waals surface area contributed by atoms with Crippen LogP contribution in [0.5, 0.6) is 0 Å². The van der Waals surface area contributed by atoms with E-state index in [-0.39, 0.29) is 5.92 Å². The Morgan fingerprint density at radius 3 is 2.46 bits per heavy atom. The summed E-state index contributed by atoms with van der Waals surface area (Å²) in [6, 6.07) is 0.921. The summed E-state index contributed by atoms with van der Waals surface area (Å²) >= 11 is 0. The van der Waals surface area contributed by atoms with E-state index < -0.39 is 0 Å². The van der Waals surface area contributed by atoms with Crippen molar-refractivity contribution in [3.05, 3.63) is 11.6 Å². The second kappa shape index (κ2) is 8.07. The molecule has 3 fully saturated rings. The van der Waals surface area contributed by atoms with Crippen molar-refractivity contribution in [2.24, 2.45) is 0 Å². The molecule has 26 heavy (non-hydrogen) atoms. The third kappa shape index (κ3) is 3.66. The molecule has 2 heterocycles. The van der Waals surface area contributed by atoms with E-state index in [2.05, 4.69) is 9.58 Å². The summed E-state index contributed by atoms with van der Waals surface area (Å²) in [5, 5.41) is 4.86. The number of carbonyl (C=O) groups excluding carboxylic acids is 1. The maximum absolute atomic E-state index is 12.7. The van der Waals surface area contributed by atoms with Crippen LogP contribution in [-0.2, 0) is 16.0 Å². The lowest BCUT2D eigenvalue weighted by Gasteiger charge is -2.26. The highest BCUT2D eigenvalue weighted by Gasteiger charge is 2.39. The van der Waals surface area contributed by atoms with Gasteiger partial charge in [0.2, 0.25) is 5.91 Å². The van der Waals surface area contributed by atoms with Crippen LogP contribution in [0.15, 0.2) is 0 Å². The fourth-order valence-corrected chi connectivity index (χ4v) is 5.03. The molecule has 0 radical (unpaired) electrons. The highest BCUT2D eigenvalue weighted by molar-refractivity contribution is 5.80. The van der Waals surface area contributed by atoms with Crippen LogP contribution in [0.4, 0.5) is 0 Å². The molecule has 0 bridgehead atoms. The molecule has 0 N–H and O–H groups in total. The minimum atomic E-state index is 0.203. The van der Waals surface area contributed by atoms with Crippen LogP contribution in [0.3, 0.4) is 0 Å². The molecule has 0 unspecified atom stereocenters. The van der Waals surface area contributed by atoms with Gasteiger partial charge < -0.3 is 9.64 Å². The molecule has 4 rings (SSSR count). The first-order valence-corrected chi connectivity index (χ1v) is 10.5. The van der Waals surface area contributed by atoms with Crippen molar-refractivity contribution < 1.29 is 9.53 Å². The van der Waals surface area contributed by atoms with Crippen molar-refractivity contribution in [1.82, 2.24) is 19.7 Å². The molecular weight excluding hydrogens is 328 g/mol. The maximum Gasteiger partial charge on any atom is 0.223 e. The number of hydrogen-bond donors (Lipinski definition) is 0. The van der Waals surface area contributed by atoms with Gasteiger partial charge in [-0.3, -0.25) is 4.79 Å². The van der Waals surface area contributed by atoms with Crippen LogP contribution >= 0.6 is 0 Å². The van der Waals surface area contributed by atoms with Crippen molar-refractivity contribution in [3.63, 3.8) is 0 Å². The first kappa shape index (κ1) is 18.0. The van der Waals surface area contributed by atoms with Gasteiger partial charge >= 0.3 is 0 Å². The van der Waals surface area contributed by atoms with E-state index in [9.17, 15) is 4.79 Å². The molecule has 1 atom stereocenters. The Hall–Kier alpha value is -1.43. The van der Waals surface area contributed by atoms with Crippen molar-refractivity contribution in [2.45, 2.75) is 88.6 Å². The molecule has 6 nitrogen and oxygen atoms in total. The summed E-state index contributed by atoms with van der Waals surface area (Å²) in [7, 11) is 1.72. The van der Waals surface area contributed by atoms with Gasteiger partial charge in [0.15, 0.2) is 5.82 Å². The second-order valence-corrected chi connectivity index (χ2v) is 8.25. The fourth-order valence-electron chi connectivity index (χ4n) is 5.03. The van der Waals surface area contributed by atoms with Gasteiger partial charge in [-0.25, -0.2) is 9.67 Å². The molecular formula is C20H32N4O2. The van der Waals surface area contributed by atoms with Crippen LogP contribution in [0.25, 0.3) is 0 Å². The molecule has 1 aromatic heterocycles. The number of rotatable bonds is 6. The lowest BCUT2D eigenvalue weighted by molar-refractivity contribution is -0.129. The van der Waals surface area contributed by atoms with Gasteiger partial charge in [0.25, 0.3) is 0 Å². The van der Waals surface area contributed by atoms with Crippen molar-refractivity contribution >= 4 is 5.91 Å². The zero-order valence-electron chi connectivity index (χ0n) is 16.0. The van der Waals surface area contributed by atoms with Crippen LogP contribution in [0, 0.1) is 0 Å². The minimum absolute atomic E-state index is 0.203. The average molecular weight is 361 g/mol. The Bertz CT molecular complexity index is 617. The van der Waals surface area contributed by atoms with Gasteiger partial charge in [0.05, 0.1) is 12.6 Å².